The molecule has 0 bridgehead atoms. The largest absolute Gasteiger partial charge is 0.364 e. The van der Waals surface area contributed by atoms with Gasteiger partial charge < -0.3 is 9.47 Å². The molecular formula is C15H22O3. The van der Waals surface area contributed by atoms with Crippen molar-refractivity contribution in [1.82, 2.24) is 0 Å². The fourth-order valence-electron chi connectivity index (χ4n) is 2.70. The molecule has 2 rings (SSSR count). The molecule has 0 radical (unpaired) electrons. The molecule has 1 saturated heterocycles. The smallest absolute Gasteiger partial charge is 0.189 e. The van der Waals surface area contributed by atoms with E-state index in [9.17, 15) is 4.79 Å². The van der Waals surface area contributed by atoms with Crippen molar-refractivity contribution in [3.63, 3.8) is 0 Å². The highest BCUT2D eigenvalue weighted by molar-refractivity contribution is 5.98. The summed E-state index contributed by atoms with van der Waals surface area (Å²) >= 11 is 0. The molecule has 0 amide bonds. The molecule has 0 aliphatic carbocycles. The number of carbonyl (C=O) groups is 1. The van der Waals surface area contributed by atoms with Gasteiger partial charge in [0.15, 0.2) is 11.4 Å². The lowest BCUT2D eigenvalue weighted by Crippen LogP contribution is -2.55. The molecule has 0 aromatic rings. The first-order valence-electron chi connectivity index (χ1n) is 6.46. The van der Waals surface area contributed by atoms with Gasteiger partial charge >= 0.3 is 0 Å². The second-order valence-electron chi connectivity index (χ2n) is 6.17. The van der Waals surface area contributed by atoms with Gasteiger partial charge in [-0.1, -0.05) is 6.08 Å². The highest BCUT2D eigenvalue weighted by Crippen LogP contribution is 2.41. The third-order valence-electron chi connectivity index (χ3n) is 3.96. The van der Waals surface area contributed by atoms with E-state index in [1.54, 1.807) is 12.2 Å². The van der Waals surface area contributed by atoms with Crippen LogP contribution in [-0.2, 0) is 14.3 Å². The van der Waals surface area contributed by atoms with Gasteiger partial charge in [0.1, 0.15) is 0 Å². The van der Waals surface area contributed by atoms with Crippen LogP contribution < -0.4 is 0 Å². The number of ether oxygens (including phenoxy) is 2. The van der Waals surface area contributed by atoms with Crippen molar-refractivity contribution in [2.75, 3.05) is 0 Å². The summed E-state index contributed by atoms with van der Waals surface area (Å²) in [5.74, 6) is -0.0138. The van der Waals surface area contributed by atoms with Crippen LogP contribution in [0, 0.1) is 0 Å². The van der Waals surface area contributed by atoms with Gasteiger partial charge in [-0.15, -0.1) is 6.58 Å². The van der Waals surface area contributed by atoms with Crippen molar-refractivity contribution >= 4 is 5.78 Å². The first kappa shape index (κ1) is 13.5. The molecule has 3 nitrogen and oxygen atoms in total. The molecule has 0 spiro atoms. The maximum Gasteiger partial charge on any atom is 0.189 e. The van der Waals surface area contributed by atoms with E-state index in [-0.39, 0.29) is 17.5 Å². The SMILES string of the molecule is C=C[C@]1(C)CC[C@H]([C@]2(C)OC(C)(C)C=CC2=O)O1. The lowest BCUT2D eigenvalue weighted by atomic mass is 9.86. The molecule has 2 aliphatic heterocycles. The number of ketones is 1. The van der Waals surface area contributed by atoms with Crippen molar-refractivity contribution < 1.29 is 14.3 Å². The molecule has 18 heavy (non-hydrogen) atoms. The molecule has 0 N–H and O–H groups in total. The van der Waals surface area contributed by atoms with Crippen molar-refractivity contribution in [1.29, 1.82) is 0 Å². The van der Waals surface area contributed by atoms with Crippen LogP contribution in [0.1, 0.15) is 40.5 Å². The summed E-state index contributed by atoms with van der Waals surface area (Å²) in [5.41, 5.74) is -1.67. The van der Waals surface area contributed by atoms with Crippen LogP contribution in [0.3, 0.4) is 0 Å². The molecule has 100 valence electrons. The summed E-state index contributed by atoms with van der Waals surface area (Å²) in [6, 6.07) is 0. The number of carbonyl (C=O) groups excluding carboxylic acids is 1. The maximum absolute atomic E-state index is 12.2. The van der Waals surface area contributed by atoms with E-state index in [1.165, 1.54) is 0 Å². The van der Waals surface area contributed by atoms with Gasteiger partial charge in [0.2, 0.25) is 0 Å². The molecule has 2 heterocycles. The van der Waals surface area contributed by atoms with Crippen LogP contribution >= 0.6 is 0 Å². The van der Waals surface area contributed by atoms with Crippen LogP contribution in [0.4, 0.5) is 0 Å². The highest BCUT2D eigenvalue weighted by atomic mass is 16.6. The fraction of sp³-hybridized carbons (Fsp3) is 0.667. The van der Waals surface area contributed by atoms with Gasteiger partial charge in [0, 0.05) is 0 Å². The van der Waals surface area contributed by atoms with Gasteiger partial charge in [-0.2, -0.15) is 0 Å². The molecule has 0 saturated carbocycles. The Hall–Kier alpha value is -0.930. The van der Waals surface area contributed by atoms with Crippen molar-refractivity contribution in [2.45, 2.75) is 63.4 Å². The van der Waals surface area contributed by atoms with Crippen molar-refractivity contribution in [3.8, 4) is 0 Å². The zero-order valence-corrected chi connectivity index (χ0v) is 11.7. The summed E-state index contributed by atoms with van der Waals surface area (Å²) in [4.78, 5) is 12.2. The maximum atomic E-state index is 12.2. The van der Waals surface area contributed by atoms with Gasteiger partial charge in [-0.25, -0.2) is 0 Å². The summed E-state index contributed by atoms with van der Waals surface area (Å²) in [7, 11) is 0. The third kappa shape index (κ3) is 2.17. The standard InChI is InChI=1S/C15H22O3/c1-6-14(4)10-8-12(17-14)15(5)11(16)7-9-13(2,3)18-15/h6-7,9,12H,1,8,10H2,2-5H3/t12-,14-,15-/m1/s1. The zero-order chi connectivity index (χ0) is 13.6. The Labute approximate surface area is 109 Å². The van der Waals surface area contributed by atoms with Crippen LogP contribution in [0.25, 0.3) is 0 Å². The Bertz CT molecular complexity index is 410. The van der Waals surface area contributed by atoms with Crippen LogP contribution in [0.2, 0.25) is 0 Å². The lowest BCUT2D eigenvalue weighted by Gasteiger charge is -2.42. The summed E-state index contributed by atoms with van der Waals surface area (Å²) in [6.45, 7) is 11.5. The van der Waals surface area contributed by atoms with Gasteiger partial charge in [-0.05, 0) is 52.7 Å². The van der Waals surface area contributed by atoms with E-state index >= 15 is 0 Å². The number of hydrogen-bond acceptors (Lipinski definition) is 3. The van der Waals surface area contributed by atoms with E-state index in [2.05, 4.69) is 6.58 Å². The second-order valence-corrected chi connectivity index (χ2v) is 6.17. The lowest BCUT2D eigenvalue weighted by molar-refractivity contribution is -0.190. The predicted octanol–water partition coefficient (Wildman–Crippen LogP) is 2.80. The topological polar surface area (TPSA) is 35.5 Å². The van der Waals surface area contributed by atoms with Gasteiger partial charge in [-0.3, -0.25) is 4.79 Å². The Morgan fingerprint density at radius 2 is 2.06 bits per heavy atom. The molecule has 0 aromatic carbocycles. The monoisotopic (exact) mass is 250 g/mol. The Kier molecular flexibility index (Phi) is 3.03. The molecule has 1 fully saturated rings. The van der Waals surface area contributed by atoms with Crippen molar-refractivity contribution in [3.05, 3.63) is 24.8 Å². The summed E-state index contributed by atoms with van der Waals surface area (Å²) < 4.78 is 12.0. The second kappa shape index (κ2) is 4.04. The van der Waals surface area contributed by atoms with Crippen LogP contribution in [-0.4, -0.2) is 28.7 Å². The Morgan fingerprint density at radius 1 is 1.39 bits per heavy atom. The fourth-order valence-corrected chi connectivity index (χ4v) is 2.70. The minimum atomic E-state index is -0.890. The van der Waals surface area contributed by atoms with Crippen LogP contribution in [0.5, 0.6) is 0 Å². The van der Waals surface area contributed by atoms with Gasteiger partial charge in [0.25, 0.3) is 0 Å². The Balaban J connectivity index is 2.25. The van der Waals surface area contributed by atoms with E-state index < -0.39 is 11.2 Å². The zero-order valence-electron chi connectivity index (χ0n) is 11.7. The van der Waals surface area contributed by atoms with E-state index in [0.717, 1.165) is 12.8 Å². The normalized spacial score (nSPS) is 43.1. The first-order chi connectivity index (χ1) is 8.21. The van der Waals surface area contributed by atoms with E-state index in [0.29, 0.717) is 0 Å². The minimum absolute atomic E-state index is 0.0138. The van der Waals surface area contributed by atoms with Crippen LogP contribution in [0.15, 0.2) is 24.8 Å². The van der Waals surface area contributed by atoms with Gasteiger partial charge in [0.05, 0.1) is 17.3 Å². The molecule has 0 aromatic heterocycles. The molecule has 2 aliphatic rings. The summed E-state index contributed by atoms with van der Waals surface area (Å²) in [6.07, 6.45) is 6.71. The molecule has 3 atom stereocenters. The molecule has 3 heteroatoms. The quantitative estimate of drug-likeness (QED) is 0.707. The van der Waals surface area contributed by atoms with E-state index in [4.69, 9.17) is 9.47 Å². The Morgan fingerprint density at radius 3 is 2.61 bits per heavy atom. The first-order valence-corrected chi connectivity index (χ1v) is 6.46. The highest BCUT2D eigenvalue weighted by Gasteiger charge is 2.52. The average molecular weight is 250 g/mol. The third-order valence-corrected chi connectivity index (χ3v) is 3.96. The van der Waals surface area contributed by atoms with Crippen molar-refractivity contribution in [2.24, 2.45) is 0 Å². The average Bonchev–Trinajstić information content (AvgIpc) is 2.68. The minimum Gasteiger partial charge on any atom is -0.364 e. The molecular weight excluding hydrogens is 228 g/mol. The van der Waals surface area contributed by atoms with E-state index in [1.807, 2.05) is 33.8 Å². The summed E-state index contributed by atoms with van der Waals surface area (Å²) in [5, 5.41) is 0. The number of hydrogen-bond donors (Lipinski definition) is 0. The molecule has 0 unspecified atom stereocenters. The number of rotatable bonds is 2. The predicted molar refractivity (Wildman–Crippen MR) is 70.4 cm³/mol.